The lowest BCUT2D eigenvalue weighted by Gasteiger charge is -2.10. The zero-order chi connectivity index (χ0) is 11.0. The summed E-state index contributed by atoms with van der Waals surface area (Å²) < 4.78 is 6.82. The van der Waals surface area contributed by atoms with Crippen molar-refractivity contribution in [2.24, 2.45) is 0 Å². The van der Waals surface area contributed by atoms with E-state index >= 15 is 0 Å². The molecule has 0 radical (unpaired) electrons. The van der Waals surface area contributed by atoms with Crippen LogP contribution in [0, 0.1) is 0 Å². The number of hydrogen-bond acceptors (Lipinski definition) is 5. The van der Waals surface area contributed by atoms with Gasteiger partial charge >= 0.3 is 5.69 Å². The number of aromatic amines is 1. The van der Waals surface area contributed by atoms with Crippen LogP contribution in [-0.2, 0) is 0 Å². The van der Waals surface area contributed by atoms with Gasteiger partial charge in [-0.1, -0.05) is 0 Å². The molecule has 0 spiro atoms. The lowest BCUT2D eigenvalue weighted by atomic mass is 10.3. The molecule has 3 heterocycles. The van der Waals surface area contributed by atoms with E-state index in [1.165, 1.54) is 4.52 Å². The number of hydrogen-bond donors (Lipinski definition) is 2. The maximum Gasteiger partial charge on any atom is 0.364 e. The standard InChI is InChI=1S/C9H11N5O2/c15-9-12-11-7-1-2-8(13-14(7)9)16-6-3-4-10-5-6/h1-2,6,10H,3-5H2,(H,12,15). The third-order valence-corrected chi connectivity index (χ3v) is 2.55. The summed E-state index contributed by atoms with van der Waals surface area (Å²) in [6, 6.07) is 3.41. The zero-order valence-electron chi connectivity index (χ0n) is 8.51. The number of ether oxygens (including phenoxy) is 1. The zero-order valence-corrected chi connectivity index (χ0v) is 8.51. The van der Waals surface area contributed by atoms with Crippen molar-refractivity contribution in [1.82, 2.24) is 25.1 Å². The fourth-order valence-electron chi connectivity index (χ4n) is 1.75. The maximum absolute atomic E-state index is 11.3. The van der Waals surface area contributed by atoms with Crippen molar-refractivity contribution in [3.63, 3.8) is 0 Å². The quantitative estimate of drug-likeness (QED) is 0.690. The van der Waals surface area contributed by atoms with E-state index in [0.717, 1.165) is 19.5 Å². The molecule has 16 heavy (non-hydrogen) atoms. The average molecular weight is 221 g/mol. The number of nitrogens with one attached hydrogen (secondary N) is 2. The summed E-state index contributed by atoms with van der Waals surface area (Å²) in [5, 5.41) is 13.4. The highest BCUT2D eigenvalue weighted by molar-refractivity contribution is 5.35. The van der Waals surface area contributed by atoms with Crippen LogP contribution in [0.15, 0.2) is 16.9 Å². The van der Waals surface area contributed by atoms with Crippen molar-refractivity contribution in [1.29, 1.82) is 0 Å². The first-order valence-corrected chi connectivity index (χ1v) is 5.15. The van der Waals surface area contributed by atoms with E-state index in [9.17, 15) is 4.79 Å². The van der Waals surface area contributed by atoms with Gasteiger partial charge in [0.2, 0.25) is 5.88 Å². The minimum atomic E-state index is -0.356. The van der Waals surface area contributed by atoms with Crippen molar-refractivity contribution in [3.8, 4) is 5.88 Å². The molecule has 2 aromatic rings. The summed E-state index contributed by atoms with van der Waals surface area (Å²) in [5.74, 6) is 0.449. The molecular weight excluding hydrogens is 210 g/mol. The van der Waals surface area contributed by atoms with Gasteiger partial charge in [0.25, 0.3) is 0 Å². The van der Waals surface area contributed by atoms with E-state index in [4.69, 9.17) is 4.74 Å². The Morgan fingerprint density at radius 2 is 2.44 bits per heavy atom. The van der Waals surface area contributed by atoms with Gasteiger partial charge in [0.15, 0.2) is 5.65 Å². The van der Waals surface area contributed by atoms with E-state index in [1.807, 2.05) is 0 Å². The Morgan fingerprint density at radius 3 is 3.25 bits per heavy atom. The molecule has 1 aliphatic heterocycles. The second-order valence-corrected chi connectivity index (χ2v) is 3.70. The van der Waals surface area contributed by atoms with Crippen molar-refractivity contribution < 1.29 is 4.74 Å². The largest absolute Gasteiger partial charge is 0.472 e. The topological polar surface area (TPSA) is 84.3 Å². The molecule has 1 unspecified atom stereocenters. The maximum atomic E-state index is 11.3. The summed E-state index contributed by atoms with van der Waals surface area (Å²) in [5.41, 5.74) is 0.131. The van der Waals surface area contributed by atoms with Crippen LogP contribution in [-0.4, -0.2) is 39.0 Å². The van der Waals surface area contributed by atoms with Crippen LogP contribution in [0.1, 0.15) is 6.42 Å². The molecule has 2 aromatic heterocycles. The number of rotatable bonds is 2. The van der Waals surface area contributed by atoms with Crippen molar-refractivity contribution in [3.05, 3.63) is 22.6 Å². The highest BCUT2D eigenvalue weighted by atomic mass is 16.5. The number of nitrogens with zero attached hydrogens (tertiary/aromatic N) is 3. The van der Waals surface area contributed by atoms with Crippen LogP contribution in [0.2, 0.25) is 0 Å². The van der Waals surface area contributed by atoms with Gasteiger partial charge in [0, 0.05) is 12.6 Å². The van der Waals surface area contributed by atoms with Gasteiger partial charge in [-0.15, -0.1) is 5.10 Å². The first-order chi connectivity index (χ1) is 7.83. The normalized spacial score (nSPS) is 20.4. The fourth-order valence-corrected chi connectivity index (χ4v) is 1.75. The minimum absolute atomic E-state index is 0.132. The monoisotopic (exact) mass is 221 g/mol. The molecule has 2 N–H and O–H groups in total. The highest BCUT2D eigenvalue weighted by Crippen LogP contribution is 2.11. The summed E-state index contributed by atoms with van der Waals surface area (Å²) in [4.78, 5) is 11.3. The van der Waals surface area contributed by atoms with E-state index in [-0.39, 0.29) is 11.8 Å². The van der Waals surface area contributed by atoms with E-state index in [0.29, 0.717) is 11.5 Å². The van der Waals surface area contributed by atoms with Crippen LogP contribution >= 0.6 is 0 Å². The van der Waals surface area contributed by atoms with Crippen molar-refractivity contribution in [2.75, 3.05) is 13.1 Å². The fraction of sp³-hybridized carbons (Fsp3) is 0.444. The van der Waals surface area contributed by atoms with Crippen LogP contribution in [0.4, 0.5) is 0 Å². The van der Waals surface area contributed by atoms with Crippen LogP contribution in [0.5, 0.6) is 5.88 Å². The summed E-state index contributed by atoms with van der Waals surface area (Å²) in [6.07, 6.45) is 1.09. The molecule has 0 aliphatic carbocycles. The molecule has 1 aliphatic rings. The molecule has 0 saturated carbocycles. The number of aromatic nitrogens is 4. The molecule has 0 amide bonds. The molecule has 1 fully saturated rings. The van der Waals surface area contributed by atoms with Crippen LogP contribution < -0.4 is 15.7 Å². The van der Waals surface area contributed by atoms with Gasteiger partial charge in [0.1, 0.15) is 6.10 Å². The van der Waals surface area contributed by atoms with Crippen molar-refractivity contribution in [2.45, 2.75) is 12.5 Å². The van der Waals surface area contributed by atoms with Gasteiger partial charge in [0.05, 0.1) is 0 Å². The Bertz CT molecular complexity index is 554. The predicted octanol–water partition coefficient (Wildman–Crippen LogP) is -0.842. The second-order valence-electron chi connectivity index (χ2n) is 3.70. The Labute approximate surface area is 90.4 Å². The second kappa shape index (κ2) is 3.60. The van der Waals surface area contributed by atoms with Gasteiger partial charge in [-0.05, 0) is 19.0 Å². The molecule has 7 heteroatoms. The van der Waals surface area contributed by atoms with Gasteiger partial charge < -0.3 is 10.1 Å². The first-order valence-electron chi connectivity index (χ1n) is 5.15. The Kier molecular flexibility index (Phi) is 2.10. The summed E-state index contributed by atoms with van der Waals surface area (Å²) in [6.45, 7) is 1.78. The van der Waals surface area contributed by atoms with Crippen LogP contribution in [0.25, 0.3) is 5.65 Å². The first kappa shape index (κ1) is 9.34. The van der Waals surface area contributed by atoms with Crippen LogP contribution in [0.3, 0.4) is 0 Å². The molecule has 0 bridgehead atoms. The third-order valence-electron chi connectivity index (χ3n) is 2.55. The number of H-pyrrole nitrogens is 1. The molecule has 1 atom stereocenters. The van der Waals surface area contributed by atoms with Crippen molar-refractivity contribution >= 4 is 5.65 Å². The lowest BCUT2D eigenvalue weighted by Crippen LogP contribution is -2.21. The molecule has 0 aromatic carbocycles. The smallest absolute Gasteiger partial charge is 0.364 e. The lowest BCUT2D eigenvalue weighted by molar-refractivity contribution is 0.211. The summed E-state index contributed by atoms with van der Waals surface area (Å²) >= 11 is 0. The van der Waals surface area contributed by atoms with E-state index in [1.54, 1.807) is 12.1 Å². The number of fused-ring (bicyclic) bond motifs is 1. The minimum Gasteiger partial charge on any atom is -0.472 e. The third kappa shape index (κ3) is 1.54. The Morgan fingerprint density at radius 1 is 1.50 bits per heavy atom. The molecule has 84 valence electrons. The highest BCUT2D eigenvalue weighted by Gasteiger charge is 2.16. The molecule has 1 saturated heterocycles. The SMILES string of the molecule is O=c1[nH]nc2ccc(OC3CCNC3)nn12. The molecule has 3 rings (SSSR count). The van der Waals surface area contributed by atoms with Gasteiger partial charge in [-0.3, -0.25) is 0 Å². The Balaban J connectivity index is 1.91. The van der Waals surface area contributed by atoms with Gasteiger partial charge in [-0.25, -0.2) is 9.89 Å². The Hall–Kier alpha value is -1.89. The summed E-state index contributed by atoms with van der Waals surface area (Å²) in [7, 11) is 0. The van der Waals surface area contributed by atoms with E-state index < -0.39 is 0 Å². The predicted molar refractivity (Wildman–Crippen MR) is 55.5 cm³/mol. The van der Waals surface area contributed by atoms with E-state index in [2.05, 4.69) is 20.6 Å². The van der Waals surface area contributed by atoms with Gasteiger partial charge in [-0.2, -0.15) is 9.61 Å². The average Bonchev–Trinajstić information content (AvgIpc) is 2.90. The molecule has 7 nitrogen and oxygen atoms in total. The molecular formula is C9H11N5O2.